The van der Waals surface area contributed by atoms with Gasteiger partial charge in [0.1, 0.15) is 5.82 Å². The Morgan fingerprint density at radius 1 is 0.857 bits per heavy atom. The van der Waals surface area contributed by atoms with Crippen molar-refractivity contribution >= 4 is 58.0 Å². The average molecular weight is 387 g/mol. The lowest BCUT2D eigenvalue weighted by Crippen LogP contribution is -2.05. The molecule has 112 valence electrons. The number of hydrogen-bond acceptors (Lipinski definition) is 1. The minimum atomic E-state index is -0.374. The Hall–Kier alpha value is -0.220. The summed E-state index contributed by atoms with van der Waals surface area (Å²) in [6, 6.07) is 4.25. The van der Waals surface area contributed by atoms with Crippen LogP contribution in [-0.2, 0) is 6.42 Å². The van der Waals surface area contributed by atoms with Gasteiger partial charge in [0.05, 0.1) is 25.1 Å². The standard InChI is InChI=1S/C14H9Cl5FN/c15-10-9(11(16)13(18)14(19)12(10)17)8-2-1-7(20)5-6(8)3-4-21/h1-2,5H,3-4,21H2. The molecule has 0 radical (unpaired) electrons. The summed E-state index contributed by atoms with van der Waals surface area (Å²) in [6.45, 7) is 0.348. The van der Waals surface area contributed by atoms with E-state index >= 15 is 0 Å². The number of hydrogen-bond donors (Lipinski definition) is 1. The molecule has 1 nitrogen and oxygen atoms in total. The fraction of sp³-hybridized carbons (Fsp3) is 0.143. The molecule has 0 bridgehead atoms. The highest BCUT2D eigenvalue weighted by Gasteiger charge is 2.22. The number of rotatable bonds is 3. The summed E-state index contributed by atoms with van der Waals surface area (Å²) in [5.74, 6) is -0.374. The fourth-order valence-corrected chi connectivity index (χ4v) is 3.35. The molecule has 0 saturated carbocycles. The van der Waals surface area contributed by atoms with Gasteiger partial charge in [-0.25, -0.2) is 4.39 Å². The van der Waals surface area contributed by atoms with Crippen LogP contribution in [0.15, 0.2) is 18.2 Å². The third kappa shape index (κ3) is 3.26. The van der Waals surface area contributed by atoms with Gasteiger partial charge in [-0.05, 0) is 36.2 Å². The molecule has 0 aliphatic carbocycles. The maximum Gasteiger partial charge on any atom is 0.123 e. The van der Waals surface area contributed by atoms with Crippen LogP contribution in [0.3, 0.4) is 0 Å². The number of halogens is 6. The van der Waals surface area contributed by atoms with Crippen LogP contribution < -0.4 is 5.73 Å². The molecule has 0 aliphatic heterocycles. The smallest absolute Gasteiger partial charge is 0.123 e. The van der Waals surface area contributed by atoms with E-state index in [0.717, 1.165) is 0 Å². The lowest BCUT2D eigenvalue weighted by atomic mass is 9.97. The Bertz CT molecular complexity index is 673. The molecule has 0 aliphatic rings. The van der Waals surface area contributed by atoms with Crippen LogP contribution in [0.5, 0.6) is 0 Å². The van der Waals surface area contributed by atoms with E-state index in [0.29, 0.717) is 29.7 Å². The average Bonchev–Trinajstić information content (AvgIpc) is 2.46. The normalized spacial score (nSPS) is 11.0. The van der Waals surface area contributed by atoms with Gasteiger partial charge < -0.3 is 5.73 Å². The topological polar surface area (TPSA) is 26.0 Å². The SMILES string of the molecule is NCCc1cc(F)ccc1-c1c(Cl)c(Cl)c(Cl)c(Cl)c1Cl. The van der Waals surface area contributed by atoms with Crippen LogP contribution in [0.1, 0.15) is 5.56 Å². The predicted molar refractivity (Wildman–Crippen MR) is 89.6 cm³/mol. The lowest BCUT2D eigenvalue weighted by Gasteiger charge is -2.16. The van der Waals surface area contributed by atoms with E-state index in [1.165, 1.54) is 12.1 Å². The van der Waals surface area contributed by atoms with Crippen molar-refractivity contribution in [1.29, 1.82) is 0 Å². The third-order valence-electron chi connectivity index (χ3n) is 2.96. The summed E-state index contributed by atoms with van der Waals surface area (Å²) in [5, 5.41) is 0.623. The van der Waals surface area contributed by atoms with Crippen molar-refractivity contribution in [2.24, 2.45) is 5.73 Å². The second kappa shape index (κ2) is 6.91. The molecule has 21 heavy (non-hydrogen) atoms. The molecule has 0 fully saturated rings. The molecule has 0 saturated heterocycles. The first kappa shape index (κ1) is 17.1. The Balaban J connectivity index is 2.79. The van der Waals surface area contributed by atoms with Gasteiger partial charge in [0.15, 0.2) is 0 Å². The summed E-state index contributed by atoms with van der Waals surface area (Å²) < 4.78 is 13.4. The molecule has 7 heteroatoms. The highest BCUT2D eigenvalue weighted by Crippen LogP contribution is 2.48. The molecule has 0 aromatic heterocycles. The van der Waals surface area contributed by atoms with Crippen molar-refractivity contribution in [2.75, 3.05) is 6.54 Å². The summed E-state index contributed by atoms with van der Waals surface area (Å²) in [4.78, 5) is 0. The monoisotopic (exact) mass is 385 g/mol. The van der Waals surface area contributed by atoms with E-state index in [9.17, 15) is 4.39 Å². The first-order chi connectivity index (χ1) is 9.88. The Morgan fingerprint density at radius 2 is 1.38 bits per heavy atom. The zero-order chi connectivity index (χ0) is 15.7. The molecule has 0 amide bonds. The van der Waals surface area contributed by atoms with Crippen LogP contribution in [0.2, 0.25) is 25.1 Å². The van der Waals surface area contributed by atoms with Gasteiger partial charge in [-0.1, -0.05) is 64.1 Å². The van der Waals surface area contributed by atoms with Crippen molar-refractivity contribution in [1.82, 2.24) is 0 Å². The zero-order valence-corrected chi connectivity index (χ0v) is 14.3. The molecule has 0 atom stereocenters. The van der Waals surface area contributed by atoms with E-state index in [2.05, 4.69) is 0 Å². The summed E-state index contributed by atoms with van der Waals surface area (Å²) in [6.07, 6.45) is 0.456. The molecule has 2 rings (SSSR count). The zero-order valence-electron chi connectivity index (χ0n) is 10.5. The second-order valence-corrected chi connectivity index (χ2v) is 6.17. The van der Waals surface area contributed by atoms with E-state index in [-0.39, 0.29) is 30.9 Å². The summed E-state index contributed by atoms with van der Waals surface area (Å²) in [7, 11) is 0. The molecule has 2 aromatic rings. The quantitative estimate of drug-likeness (QED) is 0.488. The van der Waals surface area contributed by atoms with Gasteiger partial charge in [0.2, 0.25) is 0 Å². The molecule has 2 aromatic carbocycles. The van der Waals surface area contributed by atoms with E-state index in [1.54, 1.807) is 6.07 Å². The Morgan fingerprint density at radius 3 is 1.90 bits per heavy atom. The second-order valence-electron chi connectivity index (χ2n) is 4.29. The molecule has 0 spiro atoms. The van der Waals surface area contributed by atoms with Gasteiger partial charge in [0.25, 0.3) is 0 Å². The molecule has 2 N–H and O–H groups in total. The van der Waals surface area contributed by atoms with Gasteiger partial charge in [-0.15, -0.1) is 0 Å². The van der Waals surface area contributed by atoms with Gasteiger partial charge in [-0.2, -0.15) is 0 Å². The fourth-order valence-electron chi connectivity index (χ4n) is 2.01. The molecule has 0 unspecified atom stereocenters. The molecule has 0 heterocycles. The first-order valence-corrected chi connectivity index (χ1v) is 7.77. The van der Waals surface area contributed by atoms with Crippen molar-refractivity contribution < 1.29 is 4.39 Å². The summed E-state index contributed by atoms with van der Waals surface area (Å²) in [5.41, 5.74) is 7.26. The summed E-state index contributed by atoms with van der Waals surface area (Å²) >= 11 is 30.6. The van der Waals surface area contributed by atoms with Gasteiger partial charge in [0, 0.05) is 5.56 Å². The Kier molecular flexibility index (Phi) is 5.64. The first-order valence-electron chi connectivity index (χ1n) is 5.88. The highest BCUT2D eigenvalue weighted by atomic mass is 35.5. The molecular formula is C14H9Cl5FN. The lowest BCUT2D eigenvalue weighted by molar-refractivity contribution is 0.625. The van der Waals surface area contributed by atoms with Crippen LogP contribution in [-0.4, -0.2) is 6.54 Å². The van der Waals surface area contributed by atoms with Crippen LogP contribution in [0.4, 0.5) is 4.39 Å². The van der Waals surface area contributed by atoms with Gasteiger partial charge >= 0.3 is 0 Å². The maximum atomic E-state index is 13.4. The highest BCUT2D eigenvalue weighted by molar-refractivity contribution is 6.56. The van der Waals surface area contributed by atoms with E-state index in [1.807, 2.05) is 0 Å². The van der Waals surface area contributed by atoms with Crippen LogP contribution in [0, 0.1) is 5.82 Å². The third-order valence-corrected chi connectivity index (χ3v) is 5.24. The van der Waals surface area contributed by atoms with Crippen molar-refractivity contribution in [3.8, 4) is 11.1 Å². The van der Waals surface area contributed by atoms with E-state index in [4.69, 9.17) is 63.7 Å². The predicted octanol–water partition coefficient (Wildman–Crippen LogP) is 6.26. The largest absolute Gasteiger partial charge is 0.330 e. The minimum absolute atomic E-state index is 0.0829. The van der Waals surface area contributed by atoms with Crippen molar-refractivity contribution in [3.05, 3.63) is 54.7 Å². The Labute approximate surface area is 146 Å². The van der Waals surface area contributed by atoms with Crippen LogP contribution >= 0.6 is 58.0 Å². The minimum Gasteiger partial charge on any atom is -0.330 e. The van der Waals surface area contributed by atoms with E-state index < -0.39 is 0 Å². The number of nitrogens with two attached hydrogens (primary N) is 1. The van der Waals surface area contributed by atoms with Crippen molar-refractivity contribution in [2.45, 2.75) is 6.42 Å². The number of benzene rings is 2. The van der Waals surface area contributed by atoms with Gasteiger partial charge in [-0.3, -0.25) is 0 Å². The van der Waals surface area contributed by atoms with Crippen LogP contribution in [0.25, 0.3) is 11.1 Å². The maximum absolute atomic E-state index is 13.4. The van der Waals surface area contributed by atoms with Crippen molar-refractivity contribution in [3.63, 3.8) is 0 Å². The molecular weight excluding hydrogens is 378 g/mol.